The summed E-state index contributed by atoms with van der Waals surface area (Å²) in [7, 11) is 1.55. The molecule has 7 nitrogen and oxygen atoms in total. The van der Waals surface area contributed by atoms with Crippen molar-refractivity contribution >= 4 is 39.9 Å². The van der Waals surface area contributed by atoms with Crippen molar-refractivity contribution < 1.29 is 23.0 Å². The van der Waals surface area contributed by atoms with Crippen molar-refractivity contribution in [3.63, 3.8) is 0 Å². The topological polar surface area (TPSA) is 76.6 Å². The van der Waals surface area contributed by atoms with Gasteiger partial charge in [-0.25, -0.2) is 18.7 Å². The van der Waals surface area contributed by atoms with Gasteiger partial charge in [0, 0.05) is 24.5 Å². The minimum absolute atomic E-state index is 0.0187. The third-order valence-electron chi connectivity index (χ3n) is 7.21. The molecule has 3 atom stereocenters. The number of hydrogen-bond acceptors (Lipinski definition) is 6. The smallest absolute Gasteiger partial charge is 0.245 e. The van der Waals surface area contributed by atoms with E-state index in [2.05, 4.69) is 28.8 Å². The number of benzene rings is 2. The fourth-order valence-corrected chi connectivity index (χ4v) is 5.52. The molecule has 1 N–H and O–H groups in total. The summed E-state index contributed by atoms with van der Waals surface area (Å²) in [6.45, 7) is 7.14. The van der Waals surface area contributed by atoms with Crippen LogP contribution in [0.5, 0.6) is 11.5 Å². The zero-order chi connectivity index (χ0) is 25.6. The maximum Gasteiger partial charge on any atom is 0.245 e. The van der Waals surface area contributed by atoms with E-state index in [1.54, 1.807) is 19.2 Å². The summed E-state index contributed by atoms with van der Waals surface area (Å²) < 4.78 is 40.1. The van der Waals surface area contributed by atoms with Crippen LogP contribution < -0.4 is 14.8 Å². The maximum absolute atomic E-state index is 14.5. The Morgan fingerprint density at radius 1 is 1.31 bits per heavy atom. The van der Waals surface area contributed by atoms with Crippen LogP contribution in [0.2, 0.25) is 5.02 Å². The molecule has 2 fully saturated rings. The summed E-state index contributed by atoms with van der Waals surface area (Å²) in [5.41, 5.74) is 0.497. The Labute approximate surface area is 212 Å². The molecule has 2 aromatic carbocycles. The SMILES string of the molecule is C=CC(=O)N1C[C@@H]2C[C@@H](Oc3cc4c(Nc5ccc(F)c(Cl)c5F)ncnc4cc3OC)CC2(C)C1. The largest absolute Gasteiger partial charge is 0.493 e. The second-order valence-corrected chi connectivity index (χ2v) is 9.92. The molecule has 0 bridgehead atoms. The molecule has 3 aromatic rings. The number of rotatable bonds is 6. The van der Waals surface area contributed by atoms with Gasteiger partial charge in [-0.05, 0) is 48.4 Å². The molecular formula is C26H25ClF2N4O3. The van der Waals surface area contributed by atoms with Crippen molar-refractivity contribution in [2.45, 2.75) is 25.9 Å². The molecule has 1 aliphatic heterocycles. The molecule has 1 aliphatic carbocycles. The lowest BCUT2D eigenvalue weighted by molar-refractivity contribution is -0.125. The molecule has 0 spiro atoms. The van der Waals surface area contributed by atoms with E-state index in [-0.39, 0.29) is 23.1 Å². The van der Waals surface area contributed by atoms with Crippen molar-refractivity contribution in [2.75, 3.05) is 25.5 Å². The first-order valence-electron chi connectivity index (χ1n) is 11.5. The number of nitrogens with zero attached hydrogens (tertiary/aromatic N) is 3. The van der Waals surface area contributed by atoms with Crippen LogP contribution >= 0.6 is 11.6 Å². The fraction of sp³-hybridized carbons (Fsp3) is 0.346. The minimum atomic E-state index is -0.914. The number of carbonyl (C=O) groups excluding carboxylic acids is 1. The van der Waals surface area contributed by atoms with Crippen LogP contribution in [0.1, 0.15) is 19.8 Å². The van der Waals surface area contributed by atoms with Crippen molar-refractivity contribution in [1.82, 2.24) is 14.9 Å². The molecule has 188 valence electrons. The fourth-order valence-electron chi connectivity index (χ4n) is 5.36. The monoisotopic (exact) mass is 514 g/mol. The van der Waals surface area contributed by atoms with Crippen molar-refractivity contribution in [3.8, 4) is 11.5 Å². The number of fused-ring (bicyclic) bond motifs is 2. The van der Waals surface area contributed by atoms with Gasteiger partial charge < -0.3 is 19.7 Å². The highest BCUT2D eigenvalue weighted by Gasteiger charge is 2.51. The van der Waals surface area contributed by atoms with E-state index in [0.717, 1.165) is 18.9 Å². The van der Waals surface area contributed by atoms with E-state index in [9.17, 15) is 13.6 Å². The Hall–Kier alpha value is -3.46. The Kier molecular flexibility index (Phi) is 6.20. The van der Waals surface area contributed by atoms with Crippen molar-refractivity contribution in [2.24, 2.45) is 11.3 Å². The van der Waals surface area contributed by atoms with Crippen LogP contribution in [0.25, 0.3) is 10.9 Å². The Morgan fingerprint density at radius 2 is 2.11 bits per heavy atom. The molecule has 1 unspecified atom stereocenters. The number of anilines is 2. The highest BCUT2D eigenvalue weighted by Crippen LogP contribution is 2.50. The van der Waals surface area contributed by atoms with Gasteiger partial charge in [0.15, 0.2) is 17.3 Å². The molecule has 1 saturated carbocycles. The van der Waals surface area contributed by atoms with E-state index >= 15 is 0 Å². The Bertz CT molecular complexity index is 1370. The predicted molar refractivity (Wildman–Crippen MR) is 133 cm³/mol. The number of carbonyl (C=O) groups is 1. The third kappa shape index (κ3) is 4.21. The van der Waals surface area contributed by atoms with Crippen LogP contribution in [-0.4, -0.2) is 47.1 Å². The zero-order valence-corrected chi connectivity index (χ0v) is 20.6. The predicted octanol–water partition coefficient (Wildman–Crippen LogP) is 5.51. The van der Waals surface area contributed by atoms with Crippen LogP contribution in [-0.2, 0) is 4.79 Å². The van der Waals surface area contributed by atoms with Gasteiger partial charge in [0.25, 0.3) is 0 Å². The van der Waals surface area contributed by atoms with Gasteiger partial charge >= 0.3 is 0 Å². The summed E-state index contributed by atoms with van der Waals surface area (Å²) in [5, 5.41) is 2.85. The van der Waals surface area contributed by atoms with Gasteiger partial charge in [0.05, 0.1) is 24.4 Å². The number of hydrogen-bond donors (Lipinski definition) is 1. The highest BCUT2D eigenvalue weighted by atomic mass is 35.5. The lowest BCUT2D eigenvalue weighted by Gasteiger charge is -2.24. The van der Waals surface area contributed by atoms with Crippen molar-refractivity contribution in [1.29, 1.82) is 0 Å². The number of likely N-dealkylation sites (tertiary alicyclic amines) is 1. The normalized spacial score (nSPS) is 23.0. The number of ether oxygens (including phenoxy) is 2. The molecule has 1 saturated heterocycles. The molecule has 2 heterocycles. The average molecular weight is 515 g/mol. The van der Waals surface area contributed by atoms with Crippen molar-refractivity contribution in [3.05, 3.63) is 59.9 Å². The van der Waals surface area contributed by atoms with Gasteiger partial charge in [0.2, 0.25) is 5.91 Å². The number of methoxy groups -OCH3 is 1. The summed E-state index contributed by atoms with van der Waals surface area (Å²) in [5.74, 6) is -0.157. The third-order valence-corrected chi connectivity index (χ3v) is 7.56. The maximum atomic E-state index is 14.5. The van der Waals surface area contributed by atoms with Crippen LogP contribution in [0.4, 0.5) is 20.3 Å². The zero-order valence-electron chi connectivity index (χ0n) is 19.9. The second-order valence-electron chi connectivity index (χ2n) is 9.54. The van der Waals surface area contributed by atoms with Crippen LogP contribution in [0, 0.1) is 23.0 Å². The van der Waals surface area contributed by atoms with Gasteiger partial charge in [-0.2, -0.15) is 0 Å². The standard InChI is InChI=1S/C26H25ClF2N4O3/c1-4-22(34)33-11-14-7-15(10-26(14,2)12-33)36-21-8-16-19(9-20(21)35-3)30-13-31-25(16)32-18-6-5-17(28)23(27)24(18)29/h4-6,8-9,13-15H,1,7,10-12H2,2-3H3,(H,30,31,32)/t14-,15+,26?/m0/s1. The Morgan fingerprint density at radius 3 is 2.83 bits per heavy atom. The van der Waals surface area contributed by atoms with E-state index in [0.29, 0.717) is 47.2 Å². The van der Waals surface area contributed by atoms with E-state index in [1.165, 1.54) is 18.5 Å². The van der Waals surface area contributed by atoms with E-state index in [1.807, 2.05) is 4.90 Å². The van der Waals surface area contributed by atoms with Gasteiger partial charge in [-0.1, -0.05) is 25.1 Å². The molecular weight excluding hydrogens is 490 g/mol. The summed E-state index contributed by atoms with van der Waals surface area (Å²) in [4.78, 5) is 22.5. The lowest BCUT2D eigenvalue weighted by Crippen LogP contribution is -2.31. The van der Waals surface area contributed by atoms with Crippen LogP contribution in [0.3, 0.4) is 0 Å². The average Bonchev–Trinajstić information content (AvgIpc) is 3.34. The van der Waals surface area contributed by atoms with Gasteiger partial charge in [-0.15, -0.1) is 0 Å². The molecule has 1 amide bonds. The minimum Gasteiger partial charge on any atom is -0.493 e. The van der Waals surface area contributed by atoms with Crippen LogP contribution in [0.15, 0.2) is 43.2 Å². The number of halogens is 3. The molecule has 10 heteroatoms. The molecule has 36 heavy (non-hydrogen) atoms. The van der Waals surface area contributed by atoms with E-state index in [4.69, 9.17) is 21.1 Å². The summed E-state index contributed by atoms with van der Waals surface area (Å²) in [6.07, 6.45) is 4.21. The number of aromatic nitrogens is 2. The molecule has 5 rings (SSSR count). The lowest BCUT2D eigenvalue weighted by atomic mass is 9.83. The number of amides is 1. The van der Waals surface area contributed by atoms with Gasteiger partial charge in [0.1, 0.15) is 23.0 Å². The molecule has 2 aliphatic rings. The van der Waals surface area contributed by atoms with Gasteiger partial charge in [-0.3, -0.25) is 4.79 Å². The summed E-state index contributed by atoms with van der Waals surface area (Å²) in [6, 6.07) is 5.82. The Balaban J connectivity index is 1.42. The number of nitrogens with one attached hydrogen (secondary N) is 1. The molecule has 0 radical (unpaired) electrons. The summed E-state index contributed by atoms with van der Waals surface area (Å²) >= 11 is 5.73. The second kappa shape index (κ2) is 9.20. The van der Waals surface area contributed by atoms with E-state index < -0.39 is 16.7 Å². The molecule has 1 aromatic heterocycles. The first-order chi connectivity index (χ1) is 17.2. The quantitative estimate of drug-likeness (QED) is 0.345. The first-order valence-corrected chi connectivity index (χ1v) is 11.9. The highest BCUT2D eigenvalue weighted by molar-refractivity contribution is 6.31. The first kappa shape index (κ1) is 24.2.